The Bertz CT molecular complexity index is 201. The molecule has 0 aliphatic carbocycles. The van der Waals surface area contributed by atoms with Gasteiger partial charge in [-0.2, -0.15) is 0 Å². The van der Waals surface area contributed by atoms with Crippen molar-refractivity contribution in [3.63, 3.8) is 0 Å². The van der Waals surface area contributed by atoms with Gasteiger partial charge in [-0.1, -0.05) is 44.2 Å². The van der Waals surface area contributed by atoms with E-state index in [2.05, 4.69) is 13.8 Å². The van der Waals surface area contributed by atoms with Crippen molar-refractivity contribution < 1.29 is 4.79 Å². The van der Waals surface area contributed by atoms with E-state index in [0.717, 1.165) is 24.1 Å². The van der Waals surface area contributed by atoms with Crippen LogP contribution in [0.25, 0.3) is 0 Å². The Morgan fingerprint density at radius 2 is 2.42 bits per heavy atom. The molecule has 2 atom stereocenters. The quantitative estimate of drug-likeness (QED) is 0.655. The zero-order chi connectivity index (χ0) is 9.14. The molecular weight excluding hydrogens is 188 g/mol. The standard InChI is InChI=1S/C9H14OS2/c1-3-4-8(11)7-5-6(2)12-9(7)10/h6-7H,3-5H2,1-2H3. The maximum atomic E-state index is 11.4. The fraction of sp³-hybridized carbons (Fsp3) is 0.778. The van der Waals surface area contributed by atoms with E-state index in [1.165, 1.54) is 11.8 Å². The summed E-state index contributed by atoms with van der Waals surface area (Å²) in [7, 11) is 0. The first kappa shape index (κ1) is 10.2. The molecule has 0 N–H and O–H groups in total. The zero-order valence-electron chi connectivity index (χ0n) is 7.50. The first-order valence-corrected chi connectivity index (χ1v) is 5.67. The van der Waals surface area contributed by atoms with Gasteiger partial charge < -0.3 is 0 Å². The van der Waals surface area contributed by atoms with Crippen molar-refractivity contribution in [2.75, 3.05) is 0 Å². The van der Waals surface area contributed by atoms with Crippen LogP contribution in [-0.2, 0) is 4.79 Å². The van der Waals surface area contributed by atoms with Crippen LogP contribution in [0.3, 0.4) is 0 Å². The highest BCUT2D eigenvalue weighted by molar-refractivity contribution is 8.14. The van der Waals surface area contributed by atoms with Gasteiger partial charge in [0, 0.05) is 10.1 Å². The van der Waals surface area contributed by atoms with E-state index >= 15 is 0 Å². The molecule has 1 heterocycles. The summed E-state index contributed by atoms with van der Waals surface area (Å²) < 4.78 is 0. The molecule has 2 unspecified atom stereocenters. The molecule has 0 spiro atoms. The average molecular weight is 202 g/mol. The van der Waals surface area contributed by atoms with Gasteiger partial charge in [-0.05, 0) is 12.8 Å². The summed E-state index contributed by atoms with van der Waals surface area (Å²) in [4.78, 5) is 12.3. The van der Waals surface area contributed by atoms with Gasteiger partial charge >= 0.3 is 0 Å². The van der Waals surface area contributed by atoms with Crippen LogP contribution < -0.4 is 0 Å². The highest BCUT2D eigenvalue weighted by Crippen LogP contribution is 2.34. The van der Waals surface area contributed by atoms with E-state index in [-0.39, 0.29) is 5.92 Å². The Morgan fingerprint density at radius 1 is 1.75 bits per heavy atom. The lowest BCUT2D eigenvalue weighted by Gasteiger charge is -2.07. The molecule has 1 aliphatic heterocycles. The van der Waals surface area contributed by atoms with Crippen LogP contribution in [-0.4, -0.2) is 15.2 Å². The highest BCUT2D eigenvalue weighted by atomic mass is 32.2. The lowest BCUT2D eigenvalue weighted by Crippen LogP contribution is -2.15. The number of thioether (sulfide) groups is 1. The van der Waals surface area contributed by atoms with E-state index in [4.69, 9.17) is 12.2 Å². The summed E-state index contributed by atoms with van der Waals surface area (Å²) in [6.45, 7) is 4.19. The Morgan fingerprint density at radius 3 is 2.83 bits per heavy atom. The van der Waals surface area contributed by atoms with Crippen LogP contribution >= 0.6 is 24.0 Å². The Hall–Kier alpha value is 0.110. The second-order valence-electron chi connectivity index (χ2n) is 3.25. The van der Waals surface area contributed by atoms with E-state index in [1.54, 1.807) is 0 Å². The smallest absolute Gasteiger partial charge is 0.197 e. The second kappa shape index (κ2) is 4.38. The number of rotatable bonds is 3. The normalized spacial score (nSPS) is 29.3. The minimum Gasteiger partial charge on any atom is -0.286 e. The molecular formula is C9H14OS2. The lowest BCUT2D eigenvalue weighted by molar-refractivity contribution is -0.112. The largest absolute Gasteiger partial charge is 0.286 e. The molecule has 0 saturated carbocycles. The maximum absolute atomic E-state index is 11.4. The summed E-state index contributed by atoms with van der Waals surface area (Å²) in [5.41, 5.74) is 0. The van der Waals surface area contributed by atoms with Gasteiger partial charge in [0.15, 0.2) is 5.12 Å². The van der Waals surface area contributed by atoms with Gasteiger partial charge in [-0.3, -0.25) is 4.79 Å². The van der Waals surface area contributed by atoms with Crippen LogP contribution in [0.5, 0.6) is 0 Å². The van der Waals surface area contributed by atoms with Crippen LogP contribution in [0, 0.1) is 5.92 Å². The number of hydrogen-bond acceptors (Lipinski definition) is 3. The van der Waals surface area contributed by atoms with E-state index < -0.39 is 0 Å². The number of carbonyl (C=O) groups is 1. The molecule has 0 aromatic heterocycles. The summed E-state index contributed by atoms with van der Waals surface area (Å²) in [6, 6.07) is 0. The van der Waals surface area contributed by atoms with Crippen LogP contribution in [0.2, 0.25) is 0 Å². The van der Waals surface area contributed by atoms with Crippen molar-refractivity contribution in [1.82, 2.24) is 0 Å². The van der Waals surface area contributed by atoms with Gasteiger partial charge in [-0.25, -0.2) is 0 Å². The molecule has 1 rings (SSSR count). The van der Waals surface area contributed by atoms with E-state index in [0.29, 0.717) is 10.4 Å². The molecule has 0 radical (unpaired) electrons. The second-order valence-corrected chi connectivity index (χ2v) is 5.22. The van der Waals surface area contributed by atoms with Gasteiger partial charge in [0.25, 0.3) is 0 Å². The van der Waals surface area contributed by atoms with Gasteiger partial charge in [0.05, 0.1) is 5.92 Å². The minimum absolute atomic E-state index is 0.0833. The molecule has 0 bridgehead atoms. The molecule has 1 nitrogen and oxygen atoms in total. The van der Waals surface area contributed by atoms with Crippen LogP contribution in [0.4, 0.5) is 0 Å². The number of carbonyl (C=O) groups excluding carboxylic acids is 1. The SMILES string of the molecule is CCCC(=S)C1CC(C)SC1=O. The van der Waals surface area contributed by atoms with Crippen molar-refractivity contribution in [1.29, 1.82) is 0 Å². The lowest BCUT2D eigenvalue weighted by atomic mass is 9.99. The number of hydrogen-bond donors (Lipinski definition) is 0. The monoisotopic (exact) mass is 202 g/mol. The molecule has 0 aromatic carbocycles. The van der Waals surface area contributed by atoms with Crippen molar-refractivity contribution in [2.24, 2.45) is 5.92 Å². The molecule has 12 heavy (non-hydrogen) atoms. The minimum atomic E-state index is 0.0833. The Kier molecular flexibility index (Phi) is 3.72. The Balaban J connectivity index is 2.52. The van der Waals surface area contributed by atoms with Crippen molar-refractivity contribution in [2.45, 2.75) is 38.4 Å². The first-order valence-electron chi connectivity index (χ1n) is 4.38. The zero-order valence-corrected chi connectivity index (χ0v) is 9.13. The van der Waals surface area contributed by atoms with Gasteiger partial charge in [0.1, 0.15) is 0 Å². The topological polar surface area (TPSA) is 17.1 Å². The molecule has 0 aromatic rings. The molecule has 68 valence electrons. The third-order valence-electron chi connectivity index (χ3n) is 2.05. The van der Waals surface area contributed by atoms with Crippen molar-refractivity contribution in [3.8, 4) is 0 Å². The van der Waals surface area contributed by atoms with Gasteiger partial charge in [-0.15, -0.1) is 0 Å². The maximum Gasteiger partial charge on any atom is 0.197 e. The van der Waals surface area contributed by atoms with E-state index in [9.17, 15) is 4.79 Å². The molecule has 0 amide bonds. The summed E-state index contributed by atoms with van der Waals surface area (Å²) >= 11 is 6.67. The molecule has 3 heteroatoms. The first-order chi connectivity index (χ1) is 5.65. The van der Waals surface area contributed by atoms with Crippen molar-refractivity contribution >= 4 is 34.0 Å². The Labute approximate surface area is 83.3 Å². The summed E-state index contributed by atoms with van der Waals surface area (Å²) in [6.07, 6.45) is 2.95. The fourth-order valence-corrected chi connectivity index (χ4v) is 3.01. The fourth-order valence-electron chi connectivity index (χ4n) is 1.44. The number of thiocarbonyl (C=S) groups is 1. The molecule has 1 saturated heterocycles. The molecule has 1 aliphatic rings. The van der Waals surface area contributed by atoms with E-state index in [1.807, 2.05) is 0 Å². The highest BCUT2D eigenvalue weighted by Gasteiger charge is 2.32. The average Bonchev–Trinajstić information content (AvgIpc) is 2.30. The third kappa shape index (κ3) is 2.30. The summed E-state index contributed by atoms with van der Waals surface area (Å²) in [5, 5.41) is 0.762. The molecule has 1 fully saturated rings. The third-order valence-corrected chi connectivity index (χ3v) is 3.65. The van der Waals surface area contributed by atoms with Gasteiger partial charge in [0.2, 0.25) is 0 Å². The summed E-state index contributed by atoms with van der Waals surface area (Å²) in [5.74, 6) is 0.0833. The van der Waals surface area contributed by atoms with Crippen LogP contribution in [0.1, 0.15) is 33.1 Å². The van der Waals surface area contributed by atoms with Crippen LogP contribution in [0.15, 0.2) is 0 Å². The predicted molar refractivity (Wildman–Crippen MR) is 57.7 cm³/mol. The van der Waals surface area contributed by atoms with Crippen molar-refractivity contribution in [3.05, 3.63) is 0 Å². The predicted octanol–water partition coefficient (Wildman–Crippen LogP) is 2.82.